The van der Waals surface area contributed by atoms with Crippen molar-refractivity contribution in [2.45, 2.75) is 19.4 Å². The highest BCUT2D eigenvalue weighted by molar-refractivity contribution is 4.65. The third-order valence-corrected chi connectivity index (χ3v) is 2.06. The Morgan fingerprint density at radius 2 is 1.92 bits per heavy atom. The quantitative estimate of drug-likeness (QED) is 0.439. The van der Waals surface area contributed by atoms with E-state index < -0.39 is 10.1 Å². The lowest BCUT2D eigenvalue weighted by atomic mass is 10.2. The van der Waals surface area contributed by atoms with Crippen LogP contribution >= 0.6 is 0 Å². The highest BCUT2D eigenvalue weighted by Crippen LogP contribution is 2.12. The van der Waals surface area contributed by atoms with Gasteiger partial charge in [0.1, 0.15) is 0 Å². The molecule has 0 bridgehead atoms. The molecule has 8 heteroatoms. The van der Waals surface area contributed by atoms with Crippen molar-refractivity contribution in [2.24, 2.45) is 0 Å². The van der Waals surface area contributed by atoms with Gasteiger partial charge >= 0.3 is 0 Å². The van der Waals surface area contributed by atoms with E-state index in [4.69, 9.17) is 0 Å². The Morgan fingerprint density at radius 3 is 2.38 bits per heavy atom. The van der Waals surface area contributed by atoms with Crippen molar-refractivity contribution in [3.05, 3.63) is 20.2 Å². The molecule has 1 rings (SSSR count). The van der Waals surface area contributed by atoms with E-state index in [1.54, 1.807) is 6.92 Å². The van der Waals surface area contributed by atoms with Crippen molar-refractivity contribution in [3.8, 4) is 0 Å². The first kappa shape index (κ1) is 9.49. The molecule has 0 saturated carbocycles. The van der Waals surface area contributed by atoms with Gasteiger partial charge in [-0.15, -0.1) is 10.0 Å². The second-order valence-corrected chi connectivity index (χ2v) is 2.92. The summed E-state index contributed by atoms with van der Waals surface area (Å²) in [7, 11) is 0. The summed E-state index contributed by atoms with van der Waals surface area (Å²) in [4.78, 5) is 20.7. The van der Waals surface area contributed by atoms with E-state index in [1.807, 2.05) is 0 Å². The number of hydrazine groups is 2. The molecule has 1 aliphatic rings. The molecule has 0 aromatic heterocycles. The average Bonchev–Trinajstić information content (AvgIpc) is 2.04. The standard InChI is InChI=1S/C5H10N4O4/c1-5-2-3-6(8(10)11)4-7(5)9(12)13/h5H,2-4H2,1H3. The van der Waals surface area contributed by atoms with Crippen molar-refractivity contribution in [2.75, 3.05) is 13.2 Å². The Kier molecular flexibility index (Phi) is 2.49. The molecule has 0 aromatic carbocycles. The maximum absolute atomic E-state index is 10.4. The molecule has 1 fully saturated rings. The first-order valence-corrected chi connectivity index (χ1v) is 3.82. The van der Waals surface area contributed by atoms with Gasteiger partial charge in [0.05, 0.1) is 12.6 Å². The van der Waals surface area contributed by atoms with Crippen molar-refractivity contribution in [3.63, 3.8) is 0 Å². The van der Waals surface area contributed by atoms with Crippen LogP contribution in [0.3, 0.4) is 0 Å². The normalized spacial score (nSPS) is 23.0. The number of rotatable bonds is 2. The first-order valence-electron chi connectivity index (χ1n) is 3.82. The molecule has 0 radical (unpaired) electrons. The maximum atomic E-state index is 10.4. The first-order chi connectivity index (χ1) is 6.02. The third-order valence-electron chi connectivity index (χ3n) is 2.06. The Labute approximate surface area is 74.0 Å². The van der Waals surface area contributed by atoms with Crippen LogP contribution in [-0.4, -0.2) is 39.3 Å². The molecule has 1 unspecified atom stereocenters. The number of hydrogen-bond acceptors (Lipinski definition) is 4. The van der Waals surface area contributed by atoms with Gasteiger partial charge in [0.2, 0.25) is 6.67 Å². The van der Waals surface area contributed by atoms with Gasteiger partial charge in [-0.3, -0.25) is 0 Å². The van der Waals surface area contributed by atoms with Gasteiger partial charge in [0.15, 0.2) is 10.1 Å². The summed E-state index contributed by atoms with van der Waals surface area (Å²) < 4.78 is 0. The van der Waals surface area contributed by atoms with E-state index in [9.17, 15) is 20.2 Å². The van der Waals surface area contributed by atoms with Gasteiger partial charge in [0.25, 0.3) is 0 Å². The molecule has 1 heterocycles. The van der Waals surface area contributed by atoms with Crippen LogP contribution in [0.4, 0.5) is 0 Å². The third kappa shape index (κ3) is 1.95. The fourth-order valence-corrected chi connectivity index (χ4v) is 1.21. The van der Waals surface area contributed by atoms with Gasteiger partial charge in [-0.05, 0) is 13.3 Å². The van der Waals surface area contributed by atoms with Crippen LogP contribution < -0.4 is 0 Å². The number of nitro groups is 2. The van der Waals surface area contributed by atoms with Crippen LogP contribution in [0.5, 0.6) is 0 Å². The topological polar surface area (TPSA) is 92.8 Å². The van der Waals surface area contributed by atoms with Crippen LogP contribution in [-0.2, 0) is 0 Å². The molecule has 0 spiro atoms. The second kappa shape index (κ2) is 3.42. The Bertz CT molecular complexity index is 233. The molecule has 0 aliphatic carbocycles. The minimum absolute atomic E-state index is 0.244. The van der Waals surface area contributed by atoms with E-state index in [0.29, 0.717) is 6.42 Å². The predicted molar refractivity (Wildman–Crippen MR) is 41.5 cm³/mol. The number of nitrogens with zero attached hydrogens (tertiary/aromatic N) is 4. The van der Waals surface area contributed by atoms with Gasteiger partial charge < -0.3 is 0 Å². The Balaban J connectivity index is 2.63. The van der Waals surface area contributed by atoms with Gasteiger partial charge in [-0.2, -0.15) is 0 Å². The summed E-state index contributed by atoms with van der Waals surface area (Å²) >= 11 is 0. The fourth-order valence-electron chi connectivity index (χ4n) is 1.21. The SMILES string of the molecule is CC1CCN([N+](=O)[O-])CN1[N+](=O)[O-]. The molecule has 8 nitrogen and oxygen atoms in total. The lowest BCUT2D eigenvalue weighted by molar-refractivity contribution is -0.724. The molecule has 74 valence electrons. The van der Waals surface area contributed by atoms with Crippen molar-refractivity contribution < 1.29 is 10.1 Å². The highest BCUT2D eigenvalue weighted by Gasteiger charge is 2.34. The number of hydrogen-bond donors (Lipinski definition) is 0. The van der Waals surface area contributed by atoms with Gasteiger partial charge in [-0.25, -0.2) is 20.2 Å². The Hall–Kier alpha value is -1.60. The van der Waals surface area contributed by atoms with Crippen molar-refractivity contribution in [1.82, 2.24) is 10.0 Å². The van der Waals surface area contributed by atoms with E-state index >= 15 is 0 Å². The zero-order chi connectivity index (χ0) is 10.0. The summed E-state index contributed by atoms with van der Waals surface area (Å²) in [6.45, 7) is 1.69. The van der Waals surface area contributed by atoms with Crippen molar-refractivity contribution >= 4 is 0 Å². The molecular formula is C5H10N4O4. The van der Waals surface area contributed by atoms with Gasteiger partial charge in [0, 0.05) is 0 Å². The summed E-state index contributed by atoms with van der Waals surface area (Å²) in [6, 6.07) is -0.244. The molecule has 13 heavy (non-hydrogen) atoms. The van der Waals surface area contributed by atoms with E-state index in [-0.39, 0.29) is 19.3 Å². The smallest absolute Gasteiger partial charge is 0.208 e. The summed E-state index contributed by atoms with van der Waals surface area (Å²) in [5.41, 5.74) is 0. The van der Waals surface area contributed by atoms with Gasteiger partial charge in [-0.1, -0.05) is 0 Å². The van der Waals surface area contributed by atoms with E-state index in [1.165, 1.54) is 0 Å². The molecular weight excluding hydrogens is 180 g/mol. The molecule has 0 amide bonds. The second-order valence-electron chi connectivity index (χ2n) is 2.92. The van der Waals surface area contributed by atoms with Crippen molar-refractivity contribution in [1.29, 1.82) is 0 Å². The van der Waals surface area contributed by atoms with Crippen LogP contribution in [0, 0.1) is 20.2 Å². The zero-order valence-electron chi connectivity index (χ0n) is 7.12. The largest absolute Gasteiger partial charge is 0.235 e. The highest BCUT2D eigenvalue weighted by atomic mass is 16.7. The van der Waals surface area contributed by atoms with Crippen LogP contribution in [0.25, 0.3) is 0 Å². The fraction of sp³-hybridized carbons (Fsp3) is 1.00. The van der Waals surface area contributed by atoms with Crippen LogP contribution in [0.1, 0.15) is 13.3 Å². The molecule has 1 atom stereocenters. The zero-order valence-corrected chi connectivity index (χ0v) is 7.12. The minimum Gasteiger partial charge on any atom is -0.235 e. The monoisotopic (exact) mass is 190 g/mol. The Morgan fingerprint density at radius 1 is 1.31 bits per heavy atom. The maximum Gasteiger partial charge on any atom is 0.208 e. The average molecular weight is 190 g/mol. The predicted octanol–water partition coefficient (Wildman–Crippen LogP) is -0.276. The summed E-state index contributed by atoms with van der Waals surface area (Å²) in [5, 5.41) is 21.2. The summed E-state index contributed by atoms with van der Waals surface area (Å²) in [6.07, 6.45) is 0.433. The molecule has 1 aliphatic heterocycles. The molecule has 1 saturated heterocycles. The molecule has 0 N–H and O–H groups in total. The lowest BCUT2D eigenvalue weighted by Crippen LogP contribution is -2.53. The molecule has 0 aromatic rings. The summed E-state index contributed by atoms with van der Waals surface area (Å²) in [5.74, 6) is 0. The van der Waals surface area contributed by atoms with E-state index in [0.717, 1.165) is 10.0 Å². The lowest BCUT2D eigenvalue weighted by Gasteiger charge is -2.29. The van der Waals surface area contributed by atoms with Crippen LogP contribution in [0.2, 0.25) is 0 Å². The van der Waals surface area contributed by atoms with E-state index in [2.05, 4.69) is 0 Å². The van der Waals surface area contributed by atoms with Crippen LogP contribution in [0.15, 0.2) is 0 Å². The minimum atomic E-state index is -0.609.